The maximum Gasteiger partial charge on any atom is 0.236 e. The van der Waals surface area contributed by atoms with Crippen LogP contribution < -0.4 is 11.5 Å². The Bertz CT molecular complexity index is 184. The van der Waals surface area contributed by atoms with Gasteiger partial charge in [-0.3, -0.25) is 4.79 Å². The van der Waals surface area contributed by atoms with Crippen molar-refractivity contribution in [1.82, 2.24) is 4.90 Å². The molecular weight excluding hydrogens is 166 g/mol. The SMILES string of the molecule is CCC1CN(C(=O)CN)CCC1N. The smallest absolute Gasteiger partial charge is 0.236 e. The van der Waals surface area contributed by atoms with Crippen LogP contribution in [0.4, 0.5) is 0 Å². The second-order valence-corrected chi connectivity index (χ2v) is 3.66. The number of amides is 1. The summed E-state index contributed by atoms with van der Waals surface area (Å²) in [4.78, 5) is 13.1. The van der Waals surface area contributed by atoms with Crippen molar-refractivity contribution < 1.29 is 4.79 Å². The zero-order chi connectivity index (χ0) is 9.84. The van der Waals surface area contributed by atoms with Crippen molar-refractivity contribution in [2.45, 2.75) is 25.8 Å². The number of likely N-dealkylation sites (tertiary alicyclic amines) is 1. The van der Waals surface area contributed by atoms with Gasteiger partial charge in [-0.2, -0.15) is 0 Å². The molecule has 1 fully saturated rings. The largest absolute Gasteiger partial charge is 0.341 e. The molecule has 1 amide bonds. The topological polar surface area (TPSA) is 72.3 Å². The van der Waals surface area contributed by atoms with Crippen molar-refractivity contribution in [3.8, 4) is 0 Å². The maximum atomic E-state index is 11.3. The molecule has 0 aromatic carbocycles. The first-order valence-electron chi connectivity index (χ1n) is 4.92. The standard InChI is InChI=1S/C9H19N3O/c1-2-7-6-12(9(13)5-10)4-3-8(7)11/h7-8H,2-6,10-11H2,1H3. The number of hydrogen-bond acceptors (Lipinski definition) is 3. The minimum absolute atomic E-state index is 0.0466. The molecule has 0 spiro atoms. The number of rotatable bonds is 2. The second-order valence-electron chi connectivity index (χ2n) is 3.66. The summed E-state index contributed by atoms with van der Waals surface area (Å²) in [5.74, 6) is 0.495. The first-order chi connectivity index (χ1) is 6.19. The Morgan fingerprint density at radius 1 is 1.62 bits per heavy atom. The highest BCUT2D eigenvalue weighted by atomic mass is 16.2. The van der Waals surface area contributed by atoms with Gasteiger partial charge in [-0.1, -0.05) is 13.3 Å². The fourth-order valence-corrected chi connectivity index (χ4v) is 1.84. The first-order valence-corrected chi connectivity index (χ1v) is 4.92. The van der Waals surface area contributed by atoms with Crippen LogP contribution in [0.3, 0.4) is 0 Å². The number of carbonyl (C=O) groups is 1. The van der Waals surface area contributed by atoms with Gasteiger partial charge in [0.1, 0.15) is 0 Å². The number of hydrogen-bond donors (Lipinski definition) is 2. The summed E-state index contributed by atoms with van der Waals surface area (Å²) in [6.45, 7) is 3.79. The molecule has 1 heterocycles. The molecule has 1 saturated heterocycles. The van der Waals surface area contributed by atoms with Crippen LogP contribution in [0.1, 0.15) is 19.8 Å². The summed E-state index contributed by atoms with van der Waals surface area (Å²) in [5, 5.41) is 0. The summed E-state index contributed by atoms with van der Waals surface area (Å²) >= 11 is 0. The summed E-state index contributed by atoms with van der Waals surface area (Å²) in [6, 6.07) is 0.256. The van der Waals surface area contributed by atoms with E-state index in [-0.39, 0.29) is 18.5 Å². The van der Waals surface area contributed by atoms with Gasteiger partial charge in [-0.05, 0) is 12.3 Å². The van der Waals surface area contributed by atoms with Crippen LogP contribution in [0.25, 0.3) is 0 Å². The molecule has 0 aromatic rings. The molecule has 13 heavy (non-hydrogen) atoms. The van der Waals surface area contributed by atoms with E-state index in [1.54, 1.807) is 0 Å². The molecule has 4 nitrogen and oxygen atoms in total. The highest BCUT2D eigenvalue weighted by Gasteiger charge is 2.27. The number of nitrogens with zero attached hydrogens (tertiary/aromatic N) is 1. The van der Waals surface area contributed by atoms with E-state index in [0.29, 0.717) is 5.92 Å². The quantitative estimate of drug-likeness (QED) is 0.611. The monoisotopic (exact) mass is 185 g/mol. The second kappa shape index (κ2) is 4.58. The van der Waals surface area contributed by atoms with E-state index < -0.39 is 0 Å². The molecule has 4 heteroatoms. The summed E-state index contributed by atoms with van der Waals surface area (Å²) < 4.78 is 0. The lowest BCUT2D eigenvalue weighted by Gasteiger charge is -2.36. The zero-order valence-electron chi connectivity index (χ0n) is 8.20. The predicted octanol–water partition coefficient (Wildman–Crippen LogP) is -0.469. The molecule has 2 atom stereocenters. The van der Waals surface area contributed by atoms with E-state index >= 15 is 0 Å². The van der Waals surface area contributed by atoms with Gasteiger partial charge in [0.25, 0.3) is 0 Å². The molecule has 4 N–H and O–H groups in total. The van der Waals surface area contributed by atoms with Crippen molar-refractivity contribution in [2.75, 3.05) is 19.6 Å². The molecule has 2 unspecified atom stereocenters. The zero-order valence-corrected chi connectivity index (χ0v) is 8.20. The third-order valence-corrected chi connectivity index (χ3v) is 2.84. The van der Waals surface area contributed by atoms with Gasteiger partial charge in [0.15, 0.2) is 0 Å². The number of piperidine rings is 1. The Kier molecular flexibility index (Phi) is 3.69. The average Bonchev–Trinajstić information content (AvgIpc) is 2.17. The first kappa shape index (κ1) is 10.5. The fraction of sp³-hybridized carbons (Fsp3) is 0.889. The molecule has 1 rings (SSSR count). The van der Waals surface area contributed by atoms with Gasteiger partial charge >= 0.3 is 0 Å². The van der Waals surface area contributed by atoms with Gasteiger partial charge in [0.05, 0.1) is 6.54 Å². The van der Waals surface area contributed by atoms with E-state index in [9.17, 15) is 4.79 Å². The lowest BCUT2D eigenvalue weighted by Crippen LogP contribution is -2.50. The molecule has 0 saturated carbocycles. The normalized spacial score (nSPS) is 29.0. The van der Waals surface area contributed by atoms with Gasteiger partial charge in [-0.15, -0.1) is 0 Å². The molecule has 0 radical (unpaired) electrons. The Hall–Kier alpha value is -0.610. The van der Waals surface area contributed by atoms with Gasteiger partial charge < -0.3 is 16.4 Å². The fourth-order valence-electron chi connectivity index (χ4n) is 1.84. The van der Waals surface area contributed by atoms with E-state index in [2.05, 4.69) is 6.92 Å². The third-order valence-electron chi connectivity index (χ3n) is 2.84. The molecule has 1 aliphatic heterocycles. The van der Waals surface area contributed by atoms with E-state index in [0.717, 1.165) is 25.9 Å². The number of carbonyl (C=O) groups excluding carboxylic acids is 1. The van der Waals surface area contributed by atoms with Crippen molar-refractivity contribution in [2.24, 2.45) is 17.4 Å². The van der Waals surface area contributed by atoms with Crippen molar-refractivity contribution >= 4 is 5.91 Å². The Morgan fingerprint density at radius 3 is 2.85 bits per heavy atom. The minimum atomic E-state index is 0.0466. The lowest BCUT2D eigenvalue weighted by atomic mass is 9.91. The van der Waals surface area contributed by atoms with E-state index in [1.165, 1.54) is 0 Å². The molecule has 76 valence electrons. The Balaban J connectivity index is 2.49. The van der Waals surface area contributed by atoms with Gasteiger partial charge in [0.2, 0.25) is 5.91 Å². The molecule has 0 bridgehead atoms. The molecule has 1 aliphatic rings. The average molecular weight is 185 g/mol. The van der Waals surface area contributed by atoms with Gasteiger partial charge in [0, 0.05) is 19.1 Å². The molecule has 0 aromatic heterocycles. The van der Waals surface area contributed by atoms with Crippen LogP contribution in [0.15, 0.2) is 0 Å². The van der Waals surface area contributed by atoms with Crippen LogP contribution >= 0.6 is 0 Å². The van der Waals surface area contributed by atoms with Gasteiger partial charge in [-0.25, -0.2) is 0 Å². The van der Waals surface area contributed by atoms with Crippen LogP contribution in [-0.4, -0.2) is 36.5 Å². The van der Waals surface area contributed by atoms with Crippen LogP contribution in [0, 0.1) is 5.92 Å². The van der Waals surface area contributed by atoms with Crippen molar-refractivity contribution in [3.05, 3.63) is 0 Å². The van der Waals surface area contributed by atoms with E-state index in [4.69, 9.17) is 11.5 Å². The van der Waals surface area contributed by atoms with Crippen LogP contribution in [0.2, 0.25) is 0 Å². The van der Waals surface area contributed by atoms with Crippen molar-refractivity contribution in [3.63, 3.8) is 0 Å². The minimum Gasteiger partial charge on any atom is -0.341 e. The Labute approximate surface area is 79.3 Å². The summed E-state index contributed by atoms with van der Waals surface area (Å²) in [5.41, 5.74) is 11.2. The van der Waals surface area contributed by atoms with Crippen LogP contribution in [0.5, 0.6) is 0 Å². The highest BCUT2D eigenvalue weighted by molar-refractivity contribution is 5.78. The number of nitrogens with two attached hydrogens (primary N) is 2. The summed E-state index contributed by atoms with van der Waals surface area (Å²) in [6.07, 6.45) is 1.94. The van der Waals surface area contributed by atoms with E-state index in [1.807, 2.05) is 4.90 Å². The maximum absolute atomic E-state index is 11.3. The van der Waals surface area contributed by atoms with Crippen LogP contribution in [-0.2, 0) is 4.79 Å². The van der Waals surface area contributed by atoms with Crippen molar-refractivity contribution in [1.29, 1.82) is 0 Å². The molecule has 0 aliphatic carbocycles. The lowest BCUT2D eigenvalue weighted by molar-refractivity contribution is -0.131. The Morgan fingerprint density at radius 2 is 2.31 bits per heavy atom. The predicted molar refractivity (Wildman–Crippen MR) is 52.0 cm³/mol. The highest BCUT2D eigenvalue weighted by Crippen LogP contribution is 2.18. The third kappa shape index (κ3) is 2.42. The molecular formula is C9H19N3O. The summed E-state index contributed by atoms with van der Waals surface area (Å²) in [7, 11) is 0.